The number of tetrazole rings is 1. The van der Waals surface area contributed by atoms with Crippen molar-refractivity contribution in [2.24, 2.45) is 0 Å². The van der Waals surface area contributed by atoms with Gasteiger partial charge in [0, 0.05) is 23.4 Å². The average molecular weight is 348 g/mol. The molecule has 1 aliphatic rings. The van der Waals surface area contributed by atoms with Crippen LogP contribution in [0.2, 0.25) is 5.02 Å². The molecule has 2 aromatic rings. The first-order valence-corrected chi connectivity index (χ1v) is 7.19. The van der Waals surface area contributed by atoms with E-state index in [1.165, 1.54) is 23.2 Å². The van der Waals surface area contributed by atoms with Crippen LogP contribution >= 0.6 is 11.6 Å². The third-order valence-corrected chi connectivity index (χ3v) is 3.62. The zero-order chi connectivity index (χ0) is 17.3. The van der Waals surface area contributed by atoms with Gasteiger partial charge in [0.2, 0.25) is 11.8 Å². The maximum Gasteiger partial charge on any atom is 0.353 e. The first kappa shape index (κ1) is 15.8. The number of carboxylic acids is 1. The summed E-state index contributed by atoms with van der Waals surface area (Å²) in [5, 5.41) is 20.6. The molecule has 24 heavy (non-hydrogen) atoms. The molecule has 0 spiro atoms. The maximum atomic E-state index is 11.8. The van der Waals surface area contributed by atoms with Gasteiger partial charge in [-0.3, -0.25) is 9.59 Å². The molecule has 0 atom stereocenters. The number of hydrogen-bond donors (Lipinski definition) is 1. The normalized spacial score (nSPS) is 15.2. The third-order valence-electron chi connectivity index (χ3n) is 3.39. The number of carbonyl (C=O) groups excluding carboxylic acids is 2. The predicted molar refractivity (Wildman–Crippen MR) is 80.9 cm³/mol. The Labute approximate surface area is 140 Å². The Morgan fingerprint density at radius 1 is 1.25 bits per heavy atom. The largest absolute Gasteiger partial charge is 0.477 e. The second-order valence-corrected chi connectivity index (χ2v) is 5.35. The molecule has 122 valence electrons. The van der Waals surface area contributed by atoms with E-state index in [4.69, 9.17) is 11.6 Å². The smallest absolute Gasteiger partial charge is 0.353 e. The Balaban J connectivity index is 2.14. The van der Waals surface area contributed by atoms with E-state index in [1.54, 1.807) is 12.1 Å². The number of nitrogens with zero attached hydrogens (tertiary/aromatic N) is 5. The van der Waals surface area contributed by atoms with E-state index in [1.807, 2.05) is 0 Å². The third kappa shape index (κ3) is 2.88. The summed E-state index contributed by atoms with van der Waals surface area (Å²) in [6.45, 7) is 0. The fourth-order valence-corrected chi connectivity index (χ4v) is 2.52. The van der Waals surface area contributed by atoms with Crippen molar-refractivity contribution < 1.29 is 19.5 Å². The van der Waals surface area contributed by atoms with Crippen LogP contribution < -0.4 is 0 Å². The number of benzene rings is 1. The molecule has 10 heteroatoms. The minimum Gasteiger partial charge on any atom is -0.477 e. The molecule has 0 bridgehead atoms. The van der Waals surface area contributed by atoms with Gasteiger partial charge in [-0.1, -0.05) is 11.6 Å². The summed E-state index contributed by atoms with van der Waals surface area (Å²) in [5.74, 6) is -2.51. The van der Waals surface area contributed by atoms with Crippen LogP contribution in [-0.4, -0.2) is 48.0 Å². The Hall–Kier alpha value is -3.07. The zero-order valence-corrected chi connectivity index (χ0v) is 12.8. The average Bonchev–Trinajstić information content (AvgIpc) is 3.16. The number of imide groups is 1. The Kier molecular flexibility index (Phi) is 4.09. The Morgan fingerprint density at radius 3 is 2.54 bits per heavy atom. The van der Waals surface area contributed by atoms with E-state index in [0.717, 1.165) is 0 Å². The van der Waals surface area contributed by atoms with Crippen molar-refractivity contribution in [2.45, 2.75) is 12.8 Å². The first-order chi connectivity index (χ1) is 11.5. The van der Waals surface area contributed by atoms with E-state index >= 15 is 0 Å². The highest BCUT2D eigenvalue weighted by molar-refractivity contribution is 6.30. The number of amides is 2. The lowest BCUT2D eigenvalue weighted by Crippen LogP contribution is -2.32. The van der Waals surface area contributed by atoms with Gasteiger partial charge in [0.25, 0.3) is 0 Å². The van der Waals surface area contributed by atoms with E-state index < -0.39 is 23.5 Å². The molecule has 1 saturated heterocycles. The van der Waals surface area contributed by atoms with Crippen molar-refractivity contribution in [1.82, 2.24) is 25.1 Å². The molecule has 1 N–H and O–H groups in total. The summed E-state index contributed by atoms with van der Waals surface area (Å²) in [7, 11) is 0. The van der Waals surface area contributed by atoms with Gasteiger partial charge in [-0.15, -0.1) is 5.10 Å². The Morgan fingerprint density at radius 2 is 1.96 bits per heavy atom. The van der Waals surface area contributed by atoms with Crippen molar-refractivity contribution in [3.63, 3.8) is 0 Å². The monoisotopic (exact) mass is 347 g/mol. The van der Waals surface area contributed by atoms with Crippen LogP contribution in [0.4, 0.5) is 0 Å². The van der Waals surface area contributed by atoms with Crippen LogP contribution in [0.25, 0.3) is 11.8 Å². The SMILES string of the molecule is O=C(O)/C(=C/c1cc(Cl)ccc1-n1cnnn1)N1C(=O)CCC1=O. The summed E-state index contributed by atoms with van der Waals surface area (Å²) in [6.07, 6.45) is 2.50. The second kappa shape index (κ2) is 6.20. The summed E-state index contributed by atoms with van der Waals surface area (Å²) in [6, 6.07) is 4.67. The number of halogens is 1. The van der Waals surface area contributed by atoms with E-state index in [2.05, 4.69) is 15.5 Å². The van der Waals surface area contributed by atoms with Crippen LogP contribution in [0.15, 0.2) is 30.2 Å². The molecule has 0 unspecified atom stereocenters. The van der Waals surface area contributed by atoms with Gasteiger partial charge < -0.3 is 5.11 Å². The number of carbonyl (C=O) groups is 3. The van der Waals surface area contributed by atoms with Crippen molar-refractivity contribution in [1.29, 1.82) is 0 Å². The lowest BCUT2D eigenvalue weighted by atomic mass is 10.1. The summed E-state index contributed by atoms with van der Waals surface area (Å²) < 4.78 is 1.31. The molecule has 1 fully saturated rings. The van der Waals surface area contributed by atoms with Gasteiger partial charge in [0.05, 0.1) is 5.69 Å². The van der Waals surface area contributed by atoms with Crippen LogP contribution in [0.1, 0.15) is 18.4 Å². The molecule has 3 rings (SSSR count). The van der Waals surface area contributed by atoms with Crippen LogP contribution in [0.3, 0.4) is 0 Å². The minimum absolute atomic E-state index is 0.0150. The number of aromatic nitrogens is 4. The lowest BCUT2D eigenvalue weighted by molar-refractivity contribution is -0.143. The van der Waals surface area contributed by atoms with E-state index in [-0.39, 0.29) is 12.8 Å². The summed E-state index contributed by atoms with van der Waals surface area (Å²) in [5.41, 5.74) is 0.348. The van der Waals surface area contributed by atoms with Crippen LogP contribution in [0, 0.1) is 0 Å². The summed E-state index contributed by atoms with van der Waals surface area (Å²) >= 11 is 5.97. The number of rotatable bonds is 4. The highest BCUT2D eigenvalue weighted by Gasteiger charge is 2.35. The van der Waals surface area contributed by atoms with Gasteiger partial charge in [0.15, 0.2) is 0 Å². The molecule has 1 aromatic carbocycles. The van der Waals surface area contributed by atoms with Gasteiger partial charge in [0.1, 0.15) is 12.0 Å². The number of carboxylic acid groups (broad SMARTS) is 1. The summed E-state index contributed by atoms with van der Waals surface area (Å²) in [4.78, 5) is 35.9. The molecular formula is C14H10ClN5O4. The van der Waals surface area contributed by atoms with Crippen LogP contribution in [-0.2, 0) is 14.4 Å². The Bertz CT molecular complexity index is 846. The highest BCUT2D eigenvalue weighted by Crippen LogP contribution is 2.25. The molecule has 0 aliphatic carbocycles. The number of aliphatic carboxylic acids is 1. The van der Waals surface area contributed by atoms with Crippen molar-refractivity contribution in [2.75, 3.05) is 0 Å². The molecule has 2 amide bonds. The second-order valence-electron chi connectivity index (χ2n) is 4.92. The van der Waals surface area contributed by atoms with E-state index in [0.29, 0.717) is 21.2 Å². The fourth-order valence-electron chi connectivity index (χ4n) is 2.34. The van der Waals surface area contributed by atoms with Crippen LogP contribution in [0.5, 0.6) is 0 Å². The standard InChI is InChI=1S/C14H10ClN5O4/c15-9-1-2-10(19-7-16-17-18-19)8(5-9)6-11(14(23)24)20-12(21)3-4-13(20)22/h1-2,5-7H,3-4H2,(H,23,24)/b11-6-. The quantitative estimate of drug-likeness (QED) is 0.644. The fraction of sp³-hybridized carbons (Fsp3) is 0.143. The molecule has 1 aliphatic heterocycles. The lowest BCUT2D eigenvalue weighted by Gasteiger charge is -2.15. The molecule has 0 saturated carbocycles. The van der Waals surface area contributed by atoms with Gasteiger partial charge in [-0.2, -0.15) is 4.68 Å². The van der Waals surface area contributed by atoms with Crippen molar-refractivity contribution in [3.05, 3.63) is 40.8 Å². The maximum absolute atomic E-state index is 11.8. The molecule has 1 aromatic heterocycles. The number of likely N-dealkylation sites (tertiary alicyclic amines) is 1. The molecular weight excluding hydrogens is 338 g/mol. The molecule has 9 nitrogen and oxygen atoms in total. The van der Waals surface area contributed by atoms with Gasteiger partial charge in [-0.05, 0) is 34.7 Å². The topological polar surface area (TPSA) is 118 Å². The highest BCUT2D eigenvalue weighted by atomic mass is 35.5. The zero-order valence-electron chi connectivity index (χ0n) is 12.1. The van der Waals surface area contributed by atoms with Gasteiger partial charge >= 0.3 is 5.97 Å². The molecule has 2 heterocycles. The van der Waals surface area contributed by atoms with E-state index in [9.17, 15) is 19.5 Å². The van der Waals surface area contributed by atoms with Crippen molar-refractivity contribution in [3.8, 4) is 5.69 Å². The molecule has 0 radical (unpaired) electrons. The van der Waals surface area contributed by atoms with Gasteiger partial charge in [-0.25, -0.2) is 9.69 Å². The first-order valence-electron chi connectivity index (χ1n) is 6.81. The minimum atomic E-state index is -1.40. The number of hydrogen-bond acceptors (Lipinski definition) is 6. The van der Waals surface area contributed by atoms with Crippen molar-refractivity contribution >= 4 is 35.5 Å². The predicted octanol–water partition coefficient (Wildman–Crippen LogP) is 0.890.